The molecule has 0 rings (SSSR count). The lowest BCUT2D eigenvalue weighted by Crippen LogP contribution is -2.16. The second kappa shape index (κ2) is 18.6. The minimum absolute atomic E-state index is 0.202. The summed E-state index contributed by atoms with van der Waals surface area (Å²) < 4.78 is 5.58. The first-order chi connectivity index (χ1) is 10.3. The highest BCUT2D eigenvalue weighted by Gasteiger charge is 2.06. The van der Waals surface area contributed by atoms with Crippen LogP contribution in [0.15, 0.2) is 0 Å². The number of halogens is 2. The maximum absolute atomic E-state index is 5.88. The predicted molar refractivity (Wildman–Crippen MR) is 96.9 cm³/mol. The Morgan fingerprint density at radius 3 is 1.62 bits per heavy atom. The normalized spacial score (nSPS) is 12.7. The third-order valence-electron chi connectivity index (χ3n) is 3.98. The van der Waals surface area contributed by atoms with E-state index in [4.69, 9.17) is 27.9 Å². The first kappa shape index (κ1) is 21.5. The molecule has 0 aromatic carbocycles. The third-order valence-corrected chi connectivity index (χ3v) is 4.48. The number of alkyl halides is 2. The third kappa shape index (κ3) is 16.7. The van der Waals surface area contributed by atoms with Crippen LogP contribution in [-0.4, -0.2) is 24.5 Å². The molecule has 0 aliphatic heterocycles. The number of ether oxygens (including phenoxy) is 1. The molecule has 0 heterocycles. The zero-order chi connectivity index (χ0) is 15.6. The van der Waals surface area contributed by atoms with Gasteiger partial charge < -0.3 is 4.74 Å². The molecule has 0 amide bonds. The van der Waals surface area contributed by atoms with Gasteiger partial charge in [-0.25, -0.2) is 0 Å². The maximum Gasteiger partial charge on any atom is 0.0710 e. The standard InChI is InChI=1S/C18H36Cl2O/c1-2-3-4-5-6-7-8-9-10-11-12-13-14-18(17-20)21-16-15-19/h18H,2-17H2,1H3/t18-/m1/s1. The fraction of sp³-hybridized carbons (Fsp3) is 1.00. The largest absolute Gasteiger partial charge is 0.376 e. The van der Waals surface area contributed by atoms with E-state index in [1.54, 1.807) is 0 Å². The Bertz CT molecular complexity index is 188. The molecule has 0 bridgehead atoms. The summed E-state index contributed by atoms with van der Waals surface area (Å²) in [5.41, 5.74) is 0. The van der Waals surface area contributed by atoms with E-state index in [1.807, 2.05) is 0 Å². The van der Waals surface area contributed by atoms with E-state index in [-0.39, 0.29) is 6.10 Å². The molecule has 0 aromatic heterocycles. The first-order valence-electron chi connectivity index (χ1n) is 9.08. The van der Waals surface area contributed by atoms with E-state index in [2.05, 4.69) is 6.92 Å². The molecule has 21 heavy (non-hydrogen) atoms. The molecular formula is C18H36Cl2O. The molecule has 128 valence electrons. The van der Waals surface area contributed by atoms with Gasteiger partial charge in [-0.2, -0.15) is 0 Å². The SMILES string of the molecule is CCCCCCCCCCCCCC[C@H](CCl)OCCCl. The van der Waals surface area contributed by atoms with Crippen molar-refractivity contribution < 1.29 is 4.74 Å². The second-order valence-corrected chi connectivity index (χ2v) is 6.70. The van der Waals surface area contributed by atoms with E-state index in [9.17, 15) is 0 Å². The van der Waals surface area contributed by atoms with E-state index in [1.165, 1.54) is 77.0 Å². The van der Waals surface area contributed by atoms with Gasteiger partial charge in [0.15, 0.2) is 0 Å². The topological polar surface area (TPSA) is 9.23 Å². The molecule has 1 atom stereocenters. The smallest absolute Gasteiger partial charge is 0.0710 e. The number of rotatable bonds is 17. The molecule has 0 aromatic rings. The molecule has 0 unspecified atom stereocenters. The Hall–Kier alpha value is 0.540. The van der Waals surface area contributed by atoms with Crippen LogP contribution in [0.1, 0.15) is 90.4 Å². The summed E-state index contributed by atoms with van der Waals surface area (Å²) in [6, 6.07) is 0. The summed E-state index contributed by atoms with van der Waals surface area (Å²) in [7, 11) is 0. The van der Waals surface area contributed by atoms with Crippen LogP contribution in [0, 0.1) is 0 Å². The van der Waals surface area contributed by atoms with Crippen molar-refractivity contribution in [3.8, 4) is 0 Å². The van der Waals surface area contributed by atoms with E-state index < -0.39 is 0 Å². The molecule has 0 aliphatic carbocycles. The van der Waals surface area contributed by atoms with Crippen molar-refractivity contribution in [3.63, 3.8) is 0 Å². The van der Waals surface area contributed by atoms with Crippen LogP contribution in [0.2, 0.25) is 0 Å². The van der Waals surface area contributed by atoms with Gasteiger partial charge in [-0.15, -0.1) is 23.2 Å². The molecule has 0 radical (unpaired) electrons. The van der Waals surface area contributed by atoms with Crippen LogP contribution < -0.4 is 0 Å². The van der Waals surface area contributed by atoms with Crippen LogP contribution in [0.5, 0.6) is 0 Å². The summed E-state index contributed by atoms with van der Waals surface area (Å²) in [4.78, 5) is 0. The van der Waals surface area contributed by atoms with E-state index in [0.717, 1.165) is 6.42 Å². The predicted octanol–water partition coefficient (Wildman–Crippen LogP) is 6.94. The molecule has 3 heteroatoms. The van der Waals surface area contributed by atoms with Gasteiger partial charge in [-0.05, 0) is 6.42 Å². The second-order valence-electron chi connectivity index (χ2n) is 6.01. The molecular weight excluding hydrogens is 303 g/mol. The maximum atomic E-state index is 5.88. The minimum Gasteiger partial charge on any atom is -0.376 e. The molecule has 0 aliphatic rings. The van der Waals surface area contributed by atoms with Crippen LogP contribution >= 0.6 is 23.2 Å². The summed E-state index contributed by atoms with van der Waals surface area (Å²) in [5, 5.41) is 0. The van der Waals surface area contributed by atoms with Gasteiger partial charge in [0.25, 0.3) is 0 Å². The zero-order valence-electron chi connectivity index (χ0n) is 14.1. The Morgan fingerprint density at radius 2 is 1.19 bits per heavy atom. The van der Waals surface area contributed by atoms with E-state index in [0.29, 0.717) is 18.4 Å². The lowest BCUT2D eigenvalue weighted by Gasteiger charge is -2.13. The van der Waals surface area contributed by atoms with Crippen molar-refractivity contribution in [2.75, 3.05) is 18.4 Å². The number of hydrogen-bond acceptors (Lipinski definition) is 1. The van der Waals surface area contributed by atoms with Crippen molar-refractivity contribution in [1.82, 2.24) is 0 Å². The number of hydrogen-bond donors (Lipinski definition) is 0. The Morgan fingerprint density at radius 1 is 0.714 bits per heavy atom. The minimum atomic E-state index is 0.202. The van der Waals surface area contributed by atoms with Gasteiger partial charge >= 0.3 is 0 Å². The molecule has 0 saturated heterocycles. The molecule has 1 nitrogen and oxygen atoms in total. The highest BCUT2D eigenvalue weighted by molar-refractivity contribution is 6.18. The summed E-state index contributed by atoms with van der Waals surface area (Å²) in [6.07, 6.45) is 17.9. The number of unbranched alkanes of at least 4 members (excludes halogenated alkanes) is 11. The fourth-order valence-corrected chi connectivity index (χ4v) is 2.96. The van der Waals surface area contributed by atoms with Crippen molar-refractivity contribution in [1.29, 1.82) is 0 Å². The summed E-state index contributed by atoms with van der Waals surface area (Å²) >= 11 is 11.5. The van der Waals surface area contributed by atoms with Gasteiger partial charge in [-0.1, -0.05) is 84.0 Å². The average Bonchev–Trinajstić information content (AvgIpc) is 2.51. The quantitative estimate of drug-likeness (QED) is 0.206. The average molecular weight is 339 g/mol. The van der Waals surface area contributed by atoms with Gasteiger partial charge in [-0.3, -0.25) is 0 Å². The van der Waals surface area contributed by atoms with Gasteiger partial charge in [0.2, 0.25) is 0 Å². The van der Waals surface area contributed by atoms with Gasteiger partial charge in [0, 0.05) is 11.8 Å². The Kier molecular flexibility index (Phi) is 19.1. The van der Waals surface area contributed by atoms with Crippen molar-refractivity contribution in [3.05, 3.63) is 0 Å². The lowest BCUT2D eigenvalue weighted by molar-refractivity contribution is 0.0721. The van der Waals surface area contributed by atoms with Crippen LogP contribution in [-0.2, 0) is 4.74 Å². The highest BCUT2D eigenvalue weighted by Crippen LogP contribution is 2.14. The van der Waals surface area contributed by atoms with E-state index >= 15 is 0 Å². The summed E-state index contributed by atoms with van der Waals surface area (Å²) in [6.45, 7) is 2.90. The van der Waals surface area contributed by atoms with Crippen molar-refractivity contribution >= 4 is 23.2 Å². The monoisotopic (exact) mass is 338 g/mol. The van der Waals surface area contributed by atoms with Crippen molar-refractivity contribution in [2.24, 2.45) is 0 Å². The van der Waals surface area contributed by atoms with Gasteiger partial charge in [0.1, 0.15) is 0 Å². The Labute approximate surface area is 143 Å². The Balaban J connectivity index is 3.14. The summed E-state index contributed by atoms with van der Waals surface area (Å²) in [5.74, 6) is 1.15. The lowest BCUT2D eigenvalue weighted by atomic mass is 10.0. The van der Waals surface area contributed by atoms with Gasteiger partial charge in [0.05, 0.1) is 12.7 Å². The van der Waals surface area contributed by atoms with Crippen molar-refractivity contribution in [2.45, 2.75) is 96.5 Å². The molecule has 0 saturated carbocycles. The van der Waals surface area contributed by atoms with Crippen LogP contribution in [0.25, 0.3) is 0 Å². The molecule has 0 N–H and O–H groups in total. The zero-order valence-corrected chi connectivity index (χ0v) is 15.6. The highest BCUT2D eigenvalue weighted by atomic mass is 35.5. The fourth-order valence-electron chi connectivity index (χ4n) is 2.63. The van der Waals surface area contributed by atoms with Crippen LogP contribution in [0.3, 0.4) is 0 Å². The molecule has 0 fully saturated rings. The molecule has 0 spiro atoms. The van der Waals surface area contributed by atoms with Crippen LogP contribution in [0.4, 0.5) is 0 Å². The first-order valence-corrected chi connectivity index (χ1v) is 10.2.